The largest absolute Gasteiger partial charge is 0.0894 e. The third kappa shape index (κ3) is 2.28. The Balaban J connectivity index is 2.31. The minimum absolute atomic E-state index is 0.847. The van der Waals surface area contributed by atoms with Gasteiger partial charge in [0.25, 0.3) is 0 Å². The summed E-state index contributed by atoms with van der Waals surface area (Å²) in [6, 6.07) is 0. The maximum absolute atomic E-state index is 3.97. The Bertz CT molecular complexity index is 101. The minimum atomic E-state index is 0.847. The molecule has 0 saturated heterocycles. The van der Waals surface area contributed by atoms with E-state index < -0.39 is 0 Å². The Morgan fingerprint density at radius 3 is 2.11 bits per heavy atom. The van der Waals surface area contributed by atoms with Gasteiger partial charge in [-0.05, 0) is 44.9 Å². The fraction of sp³-hybridized carbons (Fsp3) is 0.750. The Kier molecular flexibility index (Phi) is 3.02. The van der Waals surface area contributed by atoms with Crippen LogP contribution in [0.1, 0.15) is 32.1 Å². The number of hydrogen-bond acceptors (Lipinski definition) is 0. The van der Waals surface area contributed by atoms with Gasteiger partial charge < -0.3 is 0 Å². The van der Waals surface area contributed by atoms with Crippen LogP contribution in [0.15, 0.2) is 10.2 Å². The number of hydrogen-bond donors (Lipinski definition) is 0. The summed E-state index contributed by atoms with van der Waals surface area (Å²) < 4.78 is 1.37. The molecular weight excluding hydrogens is 223 g/mol. The molecule has 9 heavy (non-hydrogen) atoms. The lowest BCUT2D eigenvalue weighted by molar-refractivity contribution is 0.418. The summed E-state index contributed by atoms with van der Waals surface area (Å²) in [5.41, 5.74) is 0. The van der Waals surface area contributed by atoms with Crippen molar-refractivity contribution in [3.63, 3.8) is 0 Å². The van der Waals surface area contributed by atoms with Crippen molar-refractivity contribution >= 4 is 22.6 Å². The van der Waals surface area contributed by atoms with E-state index in [2.05, 4.69) is 29.2 Å². The highest BCUT2D eigenvalue weighted by molar-refractivity contribution is 14.1. The summed E-state index contributed by atoms with van der Waals surface area (Å²) in [5, 5.41) is 0. The molecule has 0 radical (unpaired) electrons. The van der Waals surface area contributed by atoms with Crippen LogP contribution in [-0.2, 0) is 0 Å². The predicted octanol–water partition coefficient (Wildman–Crippen LogP) is 3.52. The summed E-state index contributed by atoms with van der Waals surface area (Å²) >= 11 is 2.37. The maximum Gasteiger partial charge on any atom is -0.0110 e. The first kappa shape index (κ1) is 7.58. The SMILES string of the molecule is C=C(I)C1CCCCC1. The Morgan fingerprint density at radius 1 is 1.22 bits per heavy atom. The highest BCUT2D eigenvalue weighted by Gasteiger charge is 2.13. The van der Waals surface area contributed by atoms with Crippen molar-refractivity contribution in [3.8, 4) is 0 Å². The number of rotatable bonds is 1. The van der Waals surface area contributed by atoms with E-state index in [1.165, 1.54) is 35.7 Å². The summed E-state index contributed by atoms with van der Waals surface area (Å²) in [6.07, 6.45) is 7.07. The van der Waals surface area contributed by atoms with Crippen molar-refractivity contribution in [1.29, 1.82) is 0 Å². The van der Waals surface area contributed by atoms with Crippen LogP contribution in [0.4, 0.5) is 0 Å². The van der Waals surface area contributed by atoms with Gasteiger partial charge in [-0.2, -0.15) is 0 Å². The zero-order chi connectivity index (χ0) is 6.69. The lowest BCUT2D eigenvalue weighted by Gasteiger charge is -2.20. The van der Waals surface area contributed by atoms with Crippen LogP contribution < -0.4 is 0 Å². The van der Waals surface area contributed by atoms with E-state index in [1.807, 2.05) is 0 Å². The number of allylic oxidation sites excluding steroid dienone is 1. The molecule has 0 heterocycles. The van der Waals surface area contributed by atoms with Gasteiger partial charge in [0.1, 0.15) is 0 Å². The van der Waals surface area contributed by atoms with Crippen molar-refractivity contribution in [3.05, 3.63) is 10.2 Å². The minimum Gasteiger partial charge on any atom is -0.0894 e. The molecular formula is C8H13I. The normalized spacial score (nSPS) is 21.9. The van der Waals surface area contributed by atoms with Crippen LogP contribution in [0.3, 0.4) is 0 Å². The molecule has 52 valence electrons. The predicted molar refractivity (Wildman–Crippen MR) is 49.7 cm³/mol. The molecule has 1 saturated carbocycles. The molecule has 1 heteroatoms. The zero-order valence-corrected chi connectivity index (χ0v) is 7.86. The van der Waals surface area contributed by atoms with Crippen molar-refractivity contribution in [2.45, 2.75) is 32.1 Å². The average Bonchev–Trinajstić information content (AvgIpc) is 1.90. The van der Waals surface area contributed by atoms with Gasteiger partial charge in [0.2, 0.25) is 0 Å². The quantitative estimate of drug-likeness (QED) is 0.611. The van der Waals surface area contributed by atoms with Crippen molar-refractivity contribution in [2.24, 2.45) is 5.92 Å². The van der Waals surface area contributed by atoms with Gasteiger partial charge in [-0.3, -0.25) is 0 Å². The highest BCUT2D eigenvalue weighted by Crippen LogP contribution is 2.31. The third-order valence-corrected chi connectivity index (χ3v) is 2.93. The summed E-state index contributed by atoms with van der Waals surface area (Å²) in [7, 11) is 0. The molecule has 0 atom stereocenters. The molecule has 1 aliphatic rings. The fourth-order valence-electron chi connectivity index (χ4n) is 1.42. The van der Waals surface area contributed by atoms with Crippen LogP contribution in [-0.4, -0.2) is 0 Å². The van der Waals surface area contributed by atoms with E-state index in [0.29, 0.717) is 0 Å². The van der Waals surface area contributed by atoms with Crippen LogP contribution in [0.2, 0.25) is 0 Å². The van der Waals surface area contributed by atoms with E-state index >= 15 is 0 Å². The van der Waals surface area contributed by atoms with Gasteiger partial charge in [-0.15, -0.1) is 0 Å². The Morgan fingerprint density at radius 2 is 1.78 bits per heavy atom. The summed E-state index contributed by atoms with van der Waals surface area (Å²) in [6.45, 7) is 3.97. The van der Waals surface area contributed by atoms with E-state index in [-0.39, 0.29) is 0 Å². The Labute approximate surface area is 70.9 Å². The van der Waals surface area contributed by atoms with Crippen LogP contribution in [0.5, 0.6) is 0 Å². The average molecular weight is 236 g/mol. The first-order chi connectivity index (χ1) is 4.30. The van der Waals surface area contributed by atoms with Crippen molar-refractivity contribution in [1.82, 2.24) is 0 Å². The molecule has 0 N–H and O–H groups in total. The topological polar surface area (TPSA) is 0 Å². The molecule has 0 aromatic heterocycles. The van der Waals surface area contributed by atoms with E-state index in [9.17, 15) is 0 Å². The molecule has 0 amide bonds. The first-order valence-electron chi connectivity index (χ1n) is 3.65. The summed E-state index contributed by atoms with van der Waals surface area (Å²) in [5.74, 6) is 0.847. The summed E-state index contributed by atoms with van der Waals surface area (Å²) in [4.78, 5) is 0. The number of halogens is 1. The fourth-order valence-corrected chi connectivity index (χ4v) is 2.04. The monoisotopic (exact) mass is 236 g/mol. The molecule has 0 aromatic carbocycles. The molecule has 0 spiro atoms. The molecule has 0 bridgehead atoms. The molecule has 0 unspecified atom stereocenters. The second kappa shape index (κ2) is 3.59. The van der Waals surface area contributed by atoms with Gasteiger partial charge in [0, 0.05) is 0 Å². The van der Waals surface area contributed by atoms with Crippen molar-refractivity contribution < 1.29 is 0 Å². The second-order valence-corrected chi connectivity index (χ2v) is 4.17. The third-order valence-electron chi connectivity index (χ3n) is 2.05. The first-order valence-corrected chi connectivity index (χ1v) is 4.73. The zero-order valence-electron chi connectivity index (χ0n) is 5.70. The van der Waals surface area contributed by atoms with Crippen LogP contribution >= 0.6 is 22.6 Å². The lowest BCUT2D eigenvalue weighted by Crippen LogP contribution is -2.04. The maximum atomic E-state index is 3.97. The van der Waals surface area contributed by atoms with E-state index in [0.717, 1.165) is 5.92 Å². The molecule has 1 fully saturated rings. The van der Waals surface area contributed by atoms with Gasteiger partial charge >= 0.3 is 0 Å². The van der Waals surface area contributed by atoms with Crippen LogP contribution in [0, 0.1) is 5.92 Å². The Hall–Kier alpha value is 0.470. The smallest absolute Gasteiger partial charge is 0.0110 e. The molecule has 1 aliphatic carbocycles. The van der Waals surface area contributed by atoms with Gasteiger partial charge in [0.05, 0.1) is 0 Å². The molecule has 0 nitrogen and oxygen atoms in total. The van der Waals surface area contributed by atoms with Gasteiger partial charge in [-0.25, -0.2) is 0 Å². The van der Waals surface area contributed by atoms with Gasteiger partial charge in [0.15, 0.2) is 0 Å². The molecule has 1 rings (SSSR count). The highest BCUT2D eigenvalue weighted by atomic mass is 127. The van der Waals surface area contributed by atoms with Crippen LogP contribution in [0.25, 0.3) is 0 Å². The van der Waals surface area contributed by atoms with Gasteiger partial charge in [-0.1, -0.05) is 25.8 Å². The van der Waals surface area contributed by atoms with E-state index in [4.69, 9.17) is 0 Å². The van der Waals surface area contributed by atoms with Crippen molar-refractivity contribution in [2.75, 3.05) is 0 Å². The van der Waals surface area contributed by atoms with E-state index in [1.54, 1.807) is 0 Å². The lowest BCUT2D eigenvalue weighted by atomic mass is 9.90. The molecule has 0 aliphatic heterocycles. The second-order valence-electron chi connectivity index (χ2n) is 2.78. The molecule has 0 aromatic rings. The standard InChI is InChI=1S/C8H13I/c1-7(9)8-5-3-2-4-6-8/h8H,1-6H2.